The normalized spacial score (nSPS) is 12.3. The van der Waals surface area contributed by atoms with Crippen LogP contribution in [0.15, 0.2) is 60.0 Å². The molecule has 154 valence electrons. The molecule has 0 aliphatic heterocycles. The van der Waals surface area contributed by atoms with E-state index < -0.39 is 0 Å². The van der Waals surface area contributed by atoms with Crippen molar-refractivity contribution in [3.05, 3.63) is 91.2 Å². The van der Waals surface area contributed by atoms with Crippen LogP contribution in [0.5, 0.6) is 0 Å². The maximum Gasteiger partial charge on any atom is 0.266 e. The summed E-state index contributed by atoms with van der Waals surface area (Å²) >= 11 is 15.5. The van der Waals surface area contributed by atoms with Gasteiger partial charge < -0.3 is 4.90 Å². The maximum absolute atomic E-state index is 13.7. The number of amides is 1. The quantitative estimate of drug-likeness (QED) is 0.278. The number of carbonyl (C=O) groups is 1. The highest BCUT2D eigenvalue weighted by molar-refractivity contribution is 7.21. The number of rotatable bonds is 6. The Morgan fingerprint density at radius 2 is 1.90 bits per heavy atom. The molecule has 30 heavy (non-hydrogen) atoms. The lowest BCUT2D eigenvalue weighted by Gasteiger charge is -2.29. The first-order chi connectivity index (χ1) is 14.4. The molecule has 1 atom stereocenters. The summed E-state index contributed by atoms with van der Waals surface area (Å²) < 4.78 is 14.3. The van der Waals surface area contributed by atoms with Crippen molar-refractivity contribution in [1.82, 2.24) is 4.90 Å². The number of carbonyl (C=O) groups excluding carboxylic acids is 1. The van der Waals surface area contributed by atoms with Crippen molar-refractivity contribution in [2.24, 2.45) is 0 Å². The van der Waals surface area contributed by atoms with Crippen molar-refractivity contribution in [2.45, 2.75) is 25.9 Å². The number of hydrogen-bond donors (Lipinski definition) is 0. The van der Waals surface area contributed by atoms with Gasteiger partial charge in [0.05, 0.1) is 5.02 Å². The fourth-order valence-electron chi connectivity index (χ4n) is 3.35. The SMILES string of the molecule is C[C@@H](Cc1cccs1)N(Cc1ccc(Cl)cc1)C(=O)c1sc2cc(F)ccc2c1Cl. The van der Waals surface area contributed by atoms with Crippen molar-refractivity contribution in [2.75, 3.05) is 0 Å². The van der Waals surface area contributed by atoms with Crippen molar-refractivity contribution < 1.29 is 9.18 Å². The third-order valence-corrected chi connectivity index (χ3v) is 7.72. The zero-order valence-electron chi connectivity index (χ0n) is 16.1. The predicted octanol–water partition coefficient (Wildman–Crippen LogP) is 7.68. The summed E-state index contributed by atoms with van der Waals surface area (Å²) in [5.41, 5.74) is 0.981. The Kier molecular flexibility index (Phi) is 6.44. The highest BCUT2D eigenvalue weighted by Crippen LogP contribution is 2.37. The van der Waals surface area contributed by atoms with Crippen LogP contribution < -0.4 is 0 Å². The van der Waals surface area contributed by atoms with Crippen LogP contribution in [0.1, 0.15) is 27.0 Å². The fourth-order valence-corrected chi connectivity index (χ4v) is 5.80. The van der Waals surface area contributed by atoms with E-state index in [4.69, 9.17) is 23.2 Å². The maximum atomic E-state index is 13.7. The van der Waals surface area contributed by atoms with E-state index in [1.54, 1.807) is 17.4 Å². The molecule has 0 spiro atoms. The van der Waals surface area contributed by atoms with Crippen LogP contribution >= 0.6 is 45.9 Å². The molecule has 1 amide bonds. The summed E-state index contributed by atoms with van der Waals surface area (Å²) in [5.74, 6) is -0.496. The first-order valence-electron chi connectivity index (χ1n) is 9.37. The van der Waals surface area contributed by atoms with Gasteiger partial charge in [-0.2, -0.15) is 0 Å². The average molecular weight is 478 g/mol. The molecule has 2 aromatic heterocycles. The van der Waals surface area contributed by atoms with E-state index in [0.29, 0.717) is 31.6 Å². The van der Waals surface area contributed by atoms with E-state index in [1.807, 2.05) is 47.5 Å². The molecule has 0 saturated heterocycles. The molecular weight excluding hydrogens is 460 g/mol. The summed E-state index contributed by atoms with van der Waals surface area (Å²) in [6.07, 6.45) is 0.744. The first-order valence-corrected chi connectivity index (χ1v) is 11.8. The molecule has 0 bridgehead atoms. The van der Waals surface area contributed by atoms with Gasteiger partial charge in [0.1, 0.15) is 10.7 Å². The van der Waals surface area contributed by atoms with Gasteiger partial charge in [-0.1, -0.05) is 41.4 Å². The lowest BCUT2D eigenvalue weighted by atomic mass is 10.1. The summed E-state index contributed by atoms with van der Waals surface area (Å²) in [7, 11) is 0. The second kappa shape index (κ2) is 9.06. The van der Waals surface area contributed by atoms with Crippen molar-refractivity contribution in [3.8, 4) is 0 Å². The van der Waals surface area contributed by atoms with E-state index in [9.17, 15) is 9.18 Å². The van der Waals surface area contributed by atoms with Crippen LogP contribution in [0.3, 0.4) is 0 Å². The zero-order valence-corrected chi connectivity index (χ0v) is 19.2. The van der Waals surface area contributed by atoms with Crippen LogP contribution in [-0.4, -0.2) is 16.8 Å². The Morgan fingerprint density at radius 3 is 2.60 bits per heavy atom. The summed E-state index contributed by atoms with van der Waals surface area (Å²) in [5, 5.41) is 3.76. The minimum atomic E-state index is -0.344. The van der Waals surface area contributed by atoms with Crippen LogP contribution in [0.2, 0.25) is 10.0 Å². The number of benzene rings is 2. The topological polar surface area (TPSA) is 20.3 Å². The van der Waals surface area contributed by atoms with E-state index in [-0.39, 0.29) is 17.8 Å². The van der Waals surface area contributed by atoms with Gasteiger partial charge in [-0.05, 0) is 54.3 Å². The van der Waals surface area contributed by atoms with Crippen molar-refractivity contribution in [3.63, 3.8) is 0 Å². The Labute approximate surface area is 192 Å². The minimum Gasteiger partial charge on any atom is -0.331 e. The second-order valence-corrected chi connectivity index (χ2v) is 9.98. The van der Waals surface area contributed by atoms with Crippen molar-refractivity contribution >= 4 is 61.9 Å². The third kappa shape index (κ3) is 4.54. The molecule has 2 aromatic carbocycles. The van der Waals surface area contributed by atoms with Crippen LogP contribution in [0, 0.1) is 5.82 Å². The lowest BCUT2D eigenvalue weighted by molar-refractivity contribution is 0.0681. The van der Waals surface area contributed by atoms with Gasteiger partial charge in [-0.3, -0.25) is 4.79 Å². The van der Waals surface area contributed by atoms with Gasteiger partial charge in [0.15, 0.2) is 0 Å². The second-order valence-electron chi connectivity index (χ2n) is 7.08. The third-order valence-electron chi connectivity index (χ3n) is 4.92. The highest BCUT2D eigenvalue weighted by Gasteiger charge is 2.27. The molecule has 0 N–H and O–H groups in total. The Morgan fingerprint density at radius 1 is 1.13 bits per heavy atom. The van der Waals surface area contributed by atoms with Gasteiger partial charge in [-0.15, -0.1) is 22.7 Å². The Bertz CT molecular complexity index is 1170. The standard InChI is InChI=1S/C23H18Cl2FNOS2/c1-14(11-18-3-2-10-29-18)27(13-15-4-6-16(24)7-5-15)23(28)22-21(25)19-9-8-17(26)12-20(19)30-22/h2-10,12,14H,11,13H2,1H3/t14-/m0/s1. The molecule has 2 nitrogen and oxygen atoms in total. The molecule has 4 rings (SSSR count). The van der Waals surface area contributed by atoms with E-state index in [0.717, 1.165) is 12.0 Å². The number of nitrogens with zero attached hydrogens (tertiary/aromatic N) is 1. The molecule has 0 radical (unpaired) electrons. The van der Waals surface area contributed by atoms with Gasteiger partial charge >= 0.3 is 0 Å². The first kappa shape index (κ1) is 21.3. The molecular formula is C23H18Cl2FNOS2. The van der Waals surface area contributed by atoms with E-state index in [2.05, 4.69) is 6.07 Å². The summed E-state index contributed by atoms with van der Waals surface area (Å²) in [6.45, 7) is 2.47. The Hall–Kier alpha value is -1.92. The molecule has 7 heteroatoms. The van der Waals surface area contributed by atoms with Gasteiger partial charge in [0, 0.05) is 39.0 Å². The number of thiophene rings is 2. The molecule has 0 unspecified atom stereocenters. The molecule has 0 fully saturated rings. The largest absolute Gasteiger partial charge is 0.331 e. The van der Waals surface area contributed by atoms with Gasteiger partial charge in [0.25, 0.3) is 5.91 Å². The molecule has 0 saturated carbocycles. The Balaban J connectivity index is 1.69. The minimum absolute atomic E-state index is 0.0511. The fraction of sp³-hybridized carbons (Fsp3) is 0.174. The molecule has 2 heterocycles. The number of halogens is 3. The van der Waals surface area contributed by atoms with Crippen LogP contribution in [0.25, 0.3) is 10.1 Å². The highest BCUT2D eigenvalue weighted by atomic mass is 35.5. The lowest BCUT2D eigenvalue weighted by Crippen LogP contribution is -2.39. The zero-order chi connectivity index (χ0) is 21.3. The van der Waals surface area contributed by atoms with Crippen molar-refractivity contribution in [1.29, 1.82) is 0 Å². The van der Waals surface area contributed by atoms with Crippen LogP contribution in [-0.2, 0) is 13.0 Å². The average Bonchev–Trinajstić information content (AvgIpc) is 3.34. The smallest absolute Gasteiger partial charge is 0.266 e. The van der Waals surface area contributed by atoms with E-state index in [1.165, 1.54) is 28.3 Å². The summed E-state index contributed by atoms with van der Waals surface area (Å²) in [6, 6.07) is 15.9. The van der Waals surface area contributed by atoms with E-state index >= 15 is 0 Å². The van der Waals surface area contributed by atoms with Gasteiger partial charge in [0.2, 0.25) is 0 Å². The monoisotopic (exact) mass is 477 g/mol. The number of hydrogen-bond acceptors (Lipinski definition) is 3. The molecule has 0 aliphatic carbocycles. The predicted molar refractivity (Wildman–Crippen MR) is 126 cm³/mol. The van der Waals surface area contributed by atoms with Crippen LogP contribution in [0.4, 0.5) is 4.39 Å². The number of fused-ring (bicyclic) bond motifs is 1. The molecule has 4 aromatic rings. The van der Waals surface area contributed by atoms with Gasteiger partial charge in [-0.25, -0.2) is 4.39 Å². The summed E-state index contributed by atoms with van der Waals surface area (Å²) in [4.78, 5) is 17.1. The molecule has 0 aliphatic rings.